The third kappa shape index (κ3) is 3.21. The average Bonchev–Trinajstić information content (AvgIpc) is 2.70. The molecule has 0 aromatic carbocycles. The normalized spacial score (nSPS) is 20.2. The molecular formula is C13H22N2O3S2. The predicted molar refractivity (Wildman–Crippen MR) is 81.5 cm³/mol. The van der Waals surface area contributed by atoms with E-state index in [1.807, 2.05) is 11.8 Å². The van der Waals surface area contributed by atoms with Gasteiger partial charge in [0.25, 0.3) is 0 Å². The van der Waals surface area contributed by atoms with Gasteiger partial charge in [-0.15, -0.1) is 0 Å². The van der Waals surface area contributed by atoms with Crippen molar-refractivity contribution in [1.29, 1.82) is 0 Å². The van der Waals surface area contributed by atoms with Crippen LogP contribution in [0.1, 0.15) is 25.4 Å². The van der Waals surface area contributed by atoms with Crippen molar-refractivity contribution in [2.24, 2.45) is 0 Å². The molecule has 2 heterocycles. The molecule has 0 unspecified atom stereocenters. The van der Waals surface area contributed by atoms with Gasteiger partial charge < -0.3 is 9.73 Å². The summed E-state index contributed by atoms with van der Waals surface area (Å²) in [4.78, 5) is 0.297. The first-order chi connectivity index (χ1) is 9.26. The summed E-state index contributed by atoms with van der Waals surface area (Å²) in [5, 5.41) is 2.96. The number of sulfonamides is 1. The second-order valence-corrected chi connectivity index (χ2v) is 9.32. The number of hydrogen-bond donors (Lipinski definition) is 1. The molecule has 1 aliphatic heterocycles. The predicted octanol–water partition coefficient (Wildman–Crippen LogP) is 1.82. The van der Waals surface area contributed by atoms with E-state index in [-0.39, 0.29) is 4.75 Å². The Balaban J connectivity index is 2.30. The SMILES string of the molecule is CNCc1cc(S(=O)(=O)N2CCSC(C)(C)C2)c(C)o1. The Labute approximate surface area is 125 Å². The van der Waals surface area contributed by atoms with Crippen LogP contribution in [0.3, 0.4) is 0 Å². The van der Waals surface area contributed by atoms with Gasteiger partial charge in [0.15, 0.2) is 0 Å². The minimum Gasteiger partial charge on any atom is -0.464 e. The van der Waals surface area contributed by atoms with E-state index in [1.165, 1.54) is 0 Å². The van der Waals surface area contributed by atoms with Crippen LogP contribution in [0.25, 0.3) is 0 Å². The van der Waals surface area contributed by atoms with Crippen LogP contribution in [-0.2, 0) is 16.6 Å². The minimum absolute atomic E-state index is 0.0449. The van der Waals surface area contributed by atoms with Gasteiger partial charge in [-0.1, -0.05) is 0 Å². The van der Waals surface area contributed by atoms with Crippen LogP contribution in [0.15, 0.2) is 15.4 Å². The Hall–Kier alpha value is -0.500. The van der Waals surface area contributed by atoms with Gasteiger partial charge in [0.1, 0.15) is 16.4 Å². The van der Waals surface area contributed by atoms with Crippen molar-refractivity contribution in [2.75, 3.05) is 25.9 Å². The van der Waals surface area contributed by atoms with Crippen molar-refractivity contribution in [3.63, 3.8) is 0 Å². The number of rotatable bonds is 4. The maximum Gasteiger partial charge on any atom is 0.246 e. The van der Waals surface area contributed by atoms with Gasteiger partial charge in [0.2, 0.25) is 10.0 Å². The average molecular weight is 318 g/mol. The molecule has 1 aromatic heterocycles. The number of nitrogens with zero attached hydrogens (tertiary/aromatic N) is 1. The fourth-order valence-corrected chi connectivity index (χ4v) is 5.46. The fourth-order valence-electron chi connectivity index (χ4n) is 2.36. The van der Waals surface area contributed by atoms with Crippen LogP contribution in [0, 0.1) is 6.92 Å². The maximum atomic E-state index is 12.7. The highest BCUT2D eigenvalue weighted by Crippen LogP contribution is 2.33. The van der Waals surface area contributed by atoms with Crippen LogP contribution in [0.2, 0.25) is 0 Å². The van der Waals surface area contributed by atoms with Crippen molar-refractivity contribution in [3.8, 4) is 0 Å². The number of furan rings is 1. The van der Waals surface area contributed by atoms with Crippen molar-refractivity contribution >= 4 is 21.8 Å². The summed E-state index contributed by atoms with van der Waals surface area (Å²) in [7, 11) is -1.66. The molecule has 114 valence electrons. The lowest BCUT2D eigenvalue weighted by Crippen LogP contribution is -2.46. The van der Waals surface area contributed by atoms with E-state index >= 15 is 0 Å². The van der Waals surface area contributed by atoms with Gasteiger partial charge in [0, 0.05) is 29.7 Å². The zero-order valence-corrected chi connectivity index (χ0v) is 14.0. The minimum atomic E-state index is -3.46. The topological polar surface area (TPSA) is 62.6 Å². The summed E-state index contributed by atoms with van der Waals surface area (Å²) in [6.45, 7) is 7.48. The molecule has 5 nitrogen and oxygen atoms in total. The third-order valence-corrected chi connectivity index (χ3v) is 6.53. The highest BCUT2D eigenvalue weighted by atomic mass is 32.2. The molecule has 2 rings (SSSR count). The molecule has 0 saturated carbocycles. The van der Waals surface area contributed by atoms with Crippen molar-refractivity contribution in [1.82, 2.24) is 9.62 Å². The largest absolute Gasteiger partial charge is 0.464 e. The van der Waals surface area contributed by atoms with Crippen molar-refractivity contribution in [3.05, 3.63) is 17.6 Å². The van der Waals surface area contributed by atoms with Gasteiger partial charge >= 0.3 is 0 Å². The first kappa shape index (κ1) is 15.9. The highest BCUT2D eigenvalue weighted by Gasteiger charge is 2.36. The van der Waals surface area contributed by atoms with Crippen LogP contribution in [0.5, 0.6) is 0 Å². The quantitative estimate of drug-likeness (QED) is 0.917. The van der Waals surface area contributed by atoms with Crippen LogP contribution in [0.4, 0.5) is 0 Å². The summed E-state index contributed by atoms with van der Waals surface area (Å²) < 4.78 is 32.5. The lowest BCUT2D eigenvalue weighted by molar-refractivity contribution is 0.386. The van der Waals surface area contributed by atoms with Gasteiger partial charge in [-0.05, 0) is 27.8 Å². The van der Waals surface area contributed by atoms with Crippen LogP contribution >= 0.6 is 11.8 Å². The van der Waals surface area contributed by atoms with E-state index in [9.17, 15) is 8.42 Å². The van der Waals surface area contributed by atoms with Gasteiger partial charge in [-0.25, -0.2) is 8.42 Å². The standard InChI is InChI=1S/C13H22N2O3S2/c1-10-12(7-11(18-10)8-14-4)20(16,17)15-5-6-19-13(2,3)9-15/h7,14H,5-6,8-9H2,1-4H3. The van der Waals surface area contributed by atoms with Gasteiger partial charge in [-0.3, -0.25) is 0 Å². The smallest absolute Gasteiger partial charge is 0.246 e. The number of aryl methyl sites for hydroxylation is 1. The van der Waals surface area contributed by atoms with Crippen LogP contribution < -0.4 is 5.32 Å². The van der Waals surface area contributed by atoms with E-state index in [1.54, 1.807) is 24.3 Å². The number of nitrogens with one attached hydrogen (secondary N) is 1. The molecule has 1 fully saturated rings. The Morgan fingerprint density at radius 2 is 2.20 bits per heavy atom. The summed E-state index contributed by atoms with van der Waals surface area (Å²) >= 11 is 1.81. The highest BCUT2D eigenvalue weighted by molar-refractivity contribution is 8.00. The van der Waals surface area contributed by atoms with E-state index < -0.39 is 10.0 Å². The lowest BCUT2D eigenvalue weighted by atomic mass is 10.2. The molecular weight excluding hydrogens is 296 g/mol. The molecule has 0 bridgehead atoms. The Kier molecular flexibility index (Phi) is 4.53. The summed E-state index contributed by atoms with van der Waals surface area (Å²) in [6, 6.07) is 1.63. The van der Waals surface area contributed by atoms with Gasteiger partial charge in [0.05, 0.1) is 6.54 Å². The Bertz CT molecular complexity index is 578. The maximum absolute atomic E-state index is 12.7. The molecule has 0 atom stereocenters. The molecule has 0 spiro atoms. The number of hydrogen-bond acceptors (Lipinski definition) is 5. The molecule has 0 aliphatic carbocycles. The first-order valence-corrected chi connectivity index (χ1v) is 9.07. The molecule has 1 N–H and O–H groups in total. The molecule has 1 saturated heterocycles. The second-order valence-electron chi connectivity index (χ2n) is 5.61. The third-order valence-electron chi connectivity index (χ3n) is 3.28. The van der Waals surface area contributed by atoms with E-state index in [0.29, 0.717) is 36.1 Å². The molecule has 7 heteroatoms. The molecule has 0 amide bonds. The summed E-state index contributed by atoms with van der Waals surface area (Å²) in [5.74, 6) is 1.94. The van der Waals surface area contributed by atoms with Gasteiger partial charge in [-0.2, -0.15) is 16.1 Å². The Morgan fingerprint density at radius 3 is 2.80 bits per heavy atom. The van der Waals surface area contributed by atoms with Crippen LogP contribution in [-0.4, -0.2) is 43.4 Å². The van der Waals surface area contributed by atoms with E-state index in [2.05, 4.69) is 19.2 Å². The summed E-state index contributed by atoms with van der Waals surface area (Å²) in [6.07, 6.45) is 0. The Morgan fingerprint density at radius 1 is 1.50 bits per heavy atom. The molecule has 0 radical (unpaired) electrons. The monoisotopic (exact) mass is 318 g/mol. The molecule has 1 aromatic rings. The number of thioether (sulfide) groups is 1. The van der Waals surface area contributed by atoms with E-state index in [0.717, 1.165) is 5.75 Å². The fraction of sp³-hybridized carbons (Fsp3) is 0.692. The first-order valence-electron chi connectivity index (χ1n) is 6.64. The lowest BCUT2D eigenvalue weighted by Gasteiger charge is -2.36. The molecule has 1 aliphatic rings. The molecule has 20 heavy (non-hydrogen) atoms. The second kappa shape index (κ2) is 5.71. The summed E-state index contributed by atoms with van der Waals surface area (Å²) in [5.41, 5.74) is 0. The van der Waals surface area contributed by atoms with Crippen molar-refractivity contribution < 1.29 is 12.8 Å². The van der Waals surface area contributed by atoms with E-state index in [4.69, 9.17) is 4.42 Å². The van der Waals surface area contributed by atoms with Crippen molar-refractivity contribution in [2.45, 2.75) is 37.0 Å². The zero-order valence-electron chi connectivity index (χ0n) is 12.4. The zero-order chi connectivity index (χ0) is 15.0.